The molecule has 18 heavy (non-hydrogen) atoms. The first kappa shape index (κ1) is 12.8. The first-order chi connectivity index (χ1) is 8.49. The molecular formula is C15H26N2S. The highest BCUT2D eigenvalue weighted by Gasteiger charge is 2.45. The summed E-state index contributed by atoms with van der Waals surface area (Å²) in [5.74, 6) is 3.00. The second kappa shape index (κ2) is 4.43. The van der Waals surface area contributed by atoms with Gasteiger partial charge in [0, 0.05) is 17.8 Å². The fourth-order valence-corrected chi connectivity index (χ4v) is 4.48. The molecule has 0 aromatic carbocycles. The lowest BCUT2D eigenvalue weighted by molar-refractivity contribution is 0.251. The molecule has 0 aromatic heterocycles. The van der Waals surface area contributed by atoms with Crippen LogP contribution >= 0.6 is 11.8 Å². The van der Waals surface area contributed by atoms with Crippen LogP contribution in [0.4, 0.5) is 0 Å². The molecule has 3 rings (SSSR count). The highest BCUT2D eigenvalue weighted by atomic mass is 32.2. The third-order valence-electron chi connectivity index (χ3n) is 5.26. The van der Waals surface area contributed by atoms with Gasteiger partial charge >= 0.3 is 0 Å². The standard InChI is InChI=1S/C15H26N2S/c1-11-4-6-15(7-5-11)10-18-13(17-15)16-9-12-8-14(12,2)3/h11-12H,4-10H2,1-3H3,(H,16,17). The van der Waals surface area contributed by atoms with Gasteiger partial charge in [-0.25, -0.2) is 0 Å². The monoisotopic (exact) mass is 266 g/mol. The van der Waals surface area contributed by atoms with Gasteiger partial charge < -0.3 is 5.32 Å². The normalized spacial score (nSPS) is 44.3. The van der Waals surface area contributed by atoms with Crippen molar-refractivity contribution in [2.45, 2.75) is 58.4 Å². The van der Waals surface area contributed by atoms with Crippen LogP contribution in [0.3, 0.4) is 0 Å². The molecule has 1 N–H and O–H groups in total. The SMILES string of the molecule is CC1CCC2(CC1)CSC(=NCC1CC1(C)C)N2. The van der Waals surface area contributed by atoms with E-state index in [1.165, 1.54) is 43.0 Å². The van der Waals surface area contributed by atoms with E-state index >= 15 is 0 Å². The van der Waals surface area contributed by atoms with Gasteiger partial charge in [-0.3, -0.25) is 4.99 Å². The number of nitrogens with zero attached hydrogens (tertiary/aromatic N) is 1. The van der Waals surface area contributed by atoms with Crippen molar-refractivity contribution in [3.8, 4) is 0 Å². The van der Waals surface area contributed by atoms with E-state index in [-0.39, 0.29) is 0 Å². The Balaban J connectivity index is 1.53. The summed E-state index contributed by atoms with van der Waals surface area (Å²) in [5, 5.41) is 4.98. The molecule has 1 heterocycles. The highest BCUT2D eigenvalue weighted by molar-refractivity contribution is 8.14. The zero-order valence-electron chi connectivity index (χ0n) is 12.0. The van der Waals surface area contributed by atoms with Crippen molar-refractivity contribution in [3.63, 3.8) is 0 Å². The molecular weight excluding hydrogens is 240 g/mol. The molecule has 2 nitrogen and oxygen atoms in total. The van der Waals surface area contributed by atoms with Crippen molar-refractivity contribution >= 4 is 16.9 Å². The van der Waals surface area contributed by atoms with Gasteiger partial charge in [-0.1, -0.05) is 32.5 Å². The molecule has 1 atom stereocenters. The van der Waals surface area contributed by atoms with Gasteiger partial charge in [0.15, 0.2) is 5.17 Å². The van der Waals surface area contributed by atoms with Crippen molar-refractivity contribution < 1.29 is 0 Å². The molecule has 1 unspecified atom stereocenters. The van der Waals surface area contributed by atoms with Crippen LogP contribution in [0, 0.1) is 17.3 Å². The molecule has 2 saturated carbocycles. The summed E-state index contributed by atoms with van der Waals surface area (Å²) in [6.07, 6.45) is 6.81. The van der Waals surface area contributed by atoms with E-state index in [2.05, 4.69) is 26.1 Å². The zero-order chi connectivity index (χ0) is 12.8. The fraction of sp³-hybridized carbons (Fsp3) is 0.933. The highest BCUT2D eigenvalue weighted by Crippen LogP contribution is 2.51. The third-order valence-corrected chi connectivity index (χ3v) is 6.46. The summed E-state index contributed by atoms with van der Waals surface area (Å²) >= 11 is 1.96. The molecule has 1 aliphatic heterocycles. The van der Waals surface area contributed by atoms with Crippen molar-refractivity contribution in [3.05, 3.63) is 0 Å². The second-order valence-electron chi connectivity index (χ2n) is 7.41. The molecule has 3 aliphatic rings. The fourth-order valence-electron chi connectivity index (χ4n) is 3.26. The Morgan fingerprint density at radius 3 is 2.61 bits per heavy atom. The van der Waals surface area contributed by atoms with Crippen molar-refractivity contribution in [1.29, 1.82) is 0 Å². The van der Waals surface area contributed by atoms with Crippen LogP contribution < -0.4 is 5.32 Å². The van der Waals surface area contributed by atoms with E-state index in [0.29, 0.717) is 11.0 Å². The van der Waals surface area contributed by atoms with E-state index in [0.717, 1.165) is 18.4 Å². The Kier molecular flexibility index (Phi) is 3.16. The first-order valence-electron chi connectivity index (χ1n) is 7.45. The first-order valence-corrected chi connectivity index (χ1v) is 8.43. The quantitative estimate of drug-likeness (QED) is 0.824. The Hall–Kier alpha value is -0.180. The summed E-state index contributed by atoms with van der Waals surface area (Å²) in [6.45, 7) is 8.14. The van der Waals surface area contributed by atoms with E-state index in [1.54, 1.807) is 0 Å². The summed E-state index contributed by atoms with van der Waals surface area (Å²) in [4.78, 5) is 4.82. The summed E-state index contributed by atoms with van der Waals surface area (Å²) in [5.41, 5.74) is 0.959. The van der Waals surface area contributed by atoms with Gasteiger partial charge in [-0.15, -0.1) is 0 Å². The molecule has 0 amide bonds. The zero-order valence-corrected chi connectivity index (χ0v) is 12.8. The van der Waals surface area contributed by atoms with E-state index in [1.807, 2.05) is 11.8 Å². The molecule has 102 valence electrons. The Labute approximate surface area is 115 Å². The van der Waals surface area contributed by atoms with Crippen LogP contribution in [0.1, 0.15) is 52.9 Å². The van der Waals surface area contributed by atoms with Gasteiger partial charge in [-0.05, 0) is 49.4 Å². The number of hydrogen-bond acceptors (Lipinski definition) is 2. The average Bonchev–Trinajstić information content (AvgIpc) is 2.77. The van der Waals surface area contributed by atoms with Gasteiger partial charge in [0.25, 0.3) is 0 Å². The van der Waals surface area contributed by atoms with Crippen molar-refractivity contribution in [2.75, 3.05) is 12.3 Å². The second-order valence-corrected chi connectivity index (χ2v) is 8.38. The minimum Gasteiger partial charge on any atom is -0.359 e. The minimum absolute atomic E-state index is 0.398. The maximum Gasteiger partial charge on any atom is 0.157 e. The van der Waals surface area contributed by atoms with Gasteiger partial charge in [0.1, 0.15) is 0 Å². The smallest absolute Gasteiger partial charge is 0.157 e. The Morgan fingerprint density at radius 2 is 2.00 bits per heavy atom. The summed E-state index contributed by atoms with van der Waals surface area (Å²) in [7, 11) is 0. The number of amidine groups is 1. The minimum atomic E-state index is 0.398. The lowest BCUT2D eigenvalue weighted by Gasteiger charge is -2.35. The van der Waals surface area contributed by atoms with Gasteiger partial charge in [0.2, 0.25) is 0 Å². The average molecular weight is 266 g/mol. The summed E-state index contributed by atoms with van der Waals surface area (Å²) < 4.78 is 0. The number of thioether (sulfide) groups is 1. The van der Waals surface area contributed by atoms with Crippen LogP contribution in [0.25, 0.3) is 0 Å². The lowest BCUT2D eigenvalue weighted by Crippen LogP contribution is -2.46. The molecule has 1 saturated heterocycles. The predicted octanol–water partition coefficient (Wildman–Crippen LogP) is 3.67. The molecule has 0 aromatic rings. The van der Waals surface area contributed by atoms with Crippen LogP contribution in [0.15, 0.2) is 4.99 Å². The molecule has 1 spiro atoms. The molecule has 3 fully saturated rings. The van der Waals surface area contributed by atoms with Gasteiger partial charge in [0.05, 0.1) is 0 Å². The van der Waals surface area contributed by atoms with Crippen LogP contribution in [-0.4, -0.2) is 23.0 Å². The number of hydrogen-bond donors (Lipinski definition) is 1. The topological polar surface area (TPSA) is 24.4 Å². The lowest BCUT2D eigenvalue weighted by atomic mass is 9.78. The Bertz CT molecular complexity index is 354. The number of nitrogens with one attached hydrogen (secondary N) is 1. The predicted molar refractivity (Wildman–Crippen MR) is 80.1 cm³/mol. The summed E-state index contributed by atoms with van der Waals surface area (Å²) in [6, 6.07) is 0. The third kappa shape index (κ3) is 2.56. The Morgan fingerprint density at radius 1 is 1.33 bits per heavy atom. The van der Waals surface area contributed by atoms with Crippen LogP contribution in [0.5, 0.6) is 0 Å². The van der Waals surface area contributed by atoms with E-state index in [4.69, 9.17) is 4.99 Å². The van der Waals surface area contributed by atoms with Crippen molar-refractivity contribution in [1.82, 2.24) is 5.32 Å². The number of aliphatic imine (C=N–C) groups is 1. The van der Waals surface area contributed by atoms with E-state index in [9.17, 15) is 0 Å². The molecule has 0 bridgehead atoms. The van der Waals surface area contributed by atoms with E-state index < -0.39 is 0 Å². The van der Waals surface area contributed by atoms with Crippen molar-refractivity contribution in [2.24, 2.45) is 22.2 Å². The largest absolute Gasteiger partial charge is 0.359 e. The maximum atomic E-state index is 4.82. The molecule has 0 radical (unpaired) electrons. The van der Waals surface area contributed by atoms with Crippen LogP contribution in [-0.2, 0) is 0 Å². The molecule has 2 aliphatic carbocycles. The molecule has 3 heteroatoms. The number of rotatable bonds is 2. The maximum absolute atomic E-state index is 4.82. The van der Waals surface area contributed by atoms with Gasteiger partial charge in [-0.2, -0.15) is 0 Å². The van der Waals surface area contributed by atoms with Crippen LogP contribution in [0.2, 0.25) is 0 Å².